The molecule has 1 aromatic heterocycles. The first-order valence-corrected chi connectivity index (χ1v) is 6.69. The average molecular weight is 268 g/mol. The highest BCUT2D eigenvalue weighted by Gasteiger charge is 2.18. The number of carbonyl (C=O) groups excluding carboxylic acids is 1. The minimum absolute atomic E-state index is 0.719. The summed E-state index contributed by atoms with van der Waals surface area (Å²) in [5.74, 6) is 0.786. The number of benzene rings is 1. The Morgan fingerprint density at radius 1 is 0.950 bits per heavy atom. The third kappa shape index (κ3) is 2.61. The van der Waals surface area contributed by atoms with Crippen LogP contribution in [0.25, 0.3) is 0 Å². The van der Waals surface area contributed by atoms with Crippen LogP contribution in [-0.4, -0.2) is 42.4 Å². The van der Waals surface area contributed by atoms with Crippen LogP contribution < -0.4 is 9.80 Å². The average Bonchev–Trinajstić information content (AvgIpc) is 2.56. The lowest BCUT2D eigenvalue weighted by atomic mass is 10.2. The van der Waals surface area contributed by atoms with Crippen LogP contribution >= 0.6 is 0 Å². The molecule has 2 aromatic rings. The van der Waals surface area contributed by atoms with Gasteiger partial charge >= 0.3 is 0 Å². The molecule has 102 valence electrons. The van der Waals surface area contributed by atoms with Crippen molar-refractivity contribution in [3.63, 3.8) is 0 Å². The second-order valence-corrected chi connectivity index (χ2v) is 4.74. The minimum atomic E-state index is 0.719. The molecular weight excluding hydrogens is 252 g/mol. The van der Waals surface area contributed by atoms with Gasteiger partial charge in [0.25, 0.3) is 0 Å². The van der Waals surface area contributed by atoms with Crippen LogP contribution in [-0.2, 0) is 0 Å². The van der Waals surface area contributed by atoms with Crippen molar-refractivity contribution in [1.29, 1.82) is 0 Å². The zero-order valence-corrected chi connectivity index (χ0v) is 11.1. The number of hydrogen-bond donors (Lipinski definition) is 0. The lowest BCUT2D eigenvalue weighted by molar-refractivity contribution is 0.112. The molecule has 5 heteroatoms. The summed E-state index contributed by atoms with van der Waals surface area (Å²) < 4.78 is 0. The second-order valence-electron chi connectivity index (χ2n) is 4.74. The van der Waals surface area contributed by atoms with Crippen LogP contribution in [0.5, 0.6) is 0 Å². The van der Waals surface area contributed by atoms with Gasteiger partial charge in [0.1, 0.15) is 6.29 Å². The van der Waals surface area contributed by atoms with Crippen molar-refractivity contribution in [2.75, 3.05) is 36.0 Å². The van der Waals surface area contributed by atoms with Gasteiger partial charge in [-0.15, -0.1) is 0 Å². The molecule has 5 nitrogen and oxygen atoms in total. The van der Waals surface area contributed by atoms with E-state index in [0.717, 1.165) is 49.7 Å². The summed E-state index contributed by atoms with van der Waals surface area (Å²) in [5, 5.41) is 0. The first kappa shape index (κ1) is 12.6. The van der Waals surface area contributed by atoms with Crippen molar-refractivity contribution in [2.24, 2.45) is 0 Å². The van der Waals surface area contributed by atoms with E-state index in [-0.39, 0.29) is 0 Å². The van der Waals surface area contributed by atoms with E-state index in [2.05, 4.69) is 19.8 Å². The van der Waals surface area contributed by atoms with Crippen molar-refractivity contribution in [3.05, 3.63) is 48.3 Å². The van der Waals surface area contributed by atoms with E-state index in [1.54, 1.807) is 12.4 Å². The molecule has 1 saturated heterocycles. The summed E-state index contributed by atoms with van der Waals surface area (Å²) in [6, 6.07) is 9.55. The molecule has 0 atom stereocenters. The third-order valence-corrected chi connectivity index (χ3v) is 3.49. The molecule has 20 heavy (non-hydrogen) atoms. The number of anilines is 2. The highest BCUT2D eigenvalue weighted by Crippen LogP contribution is 2.18. The molecule has 1 aromatic carbocycles. The van der Waals surface area contributed by atoms with Crippen LogP contribution in [0.15, 0.2) is 42.7 Å². The molecule has 1 aliphatic rings. The van der Waals surface area contributed by atoms with E-state index in [1.165, 1.54) is 0 Å². The number of aldehydes is 1. The molecule has 0 saturated carbocycles. The zero-order valence-electron chi connectivity index (χ0n) is 11.1. The van der Waals surface area contributed by atoms with Crippen LogP contribution in [0.2, 0.25) is 0 Å². The van der Waals surface area contributed by atoms with E-state index >= 15 is 0 Å². The maximum atomic E-state index is 10.8. The molecule has 1 fully saturated rings. The van der Waals surface area contributed by atoms with Crippen LogP contribution in [0.4, 0.5) is 11.6 Å². The lowest BCUT2D eigenvalue weighted by Crippen LogP contribution is -2.47. The van der Waals surface area contributed by atoms with E-state index in [4.69, 9.17) is 0 Å². The van der Waals surface area contributed by atoms with Gasteiger partial charge in [-0.05, 0) is 18.2 Å². The molecule has 0 aliphatic carbocycles. The van der Waals surface area contributed by atoms with Crippen LogP contribution in [0, 0.1) is 0 Å². The van der Waals surface area contributed by atoms with Gasteiger partial charge in [-0.1, -0.05) is 12.1 Å². The summed E-state index contributed by atoms with van der Waals surface area (Å²) in [6.07, 6.45) is 4.42. The van der Waals surface area contributed by atoms with Gasteiger partial charge in [-0.3, -0.25) is 4.79 Å². The Hall–Kier alpha value is -2.43. The fourth-order valence-electron chi connectivity index (χ4n) is 2.41. The monoisotopic (exact) mass is 268 g/mol. The van der Waals surface area contributed by atoms with E-state index < -0.39 is 0 Å². The van der Waals surface area contributed by atoms with Gasteiger partial charge in [0, 0.05) is 49.8 Å². The molecule has 0 unspecified atom stereocenters. The summed E-state index contributed by atoms with van der Waals surface area (Å²) >= 11 is 0. The number of aromatic nitrogens is 2. The molecular formula is C15H16N4O. The Balaban J connectivity index is 1.68. The first-order chi connectivity index (χ1) is 9.86. The molecule has 1 aliphatic heterocycles. The summed E-state index contributed by atoms with van der Waals surface area (Å²) in [6.45, 7) is 3.58. The third-order valence-electron chi connectivity index (χ3n) is 3.49. The van der Waals surface area contributed by atoms with Crippen molar-refractivity contribution in [3.8, 4) is 0 Å². The Labute approximate surface area is 117 Å². The molecule has 0 radical (unpaired) electrons. The van der Waals surface area contributed by atoms with Crippen LogP contribution in [0.1, 0.15) is 10.4 Å². The first-order valence-electron chi connectivity index (χ1n) is 6.69. The van der Waals surface area contributed by atoms with Crippen molar-refractivity contribution >= 4 is 17.9 Å². The smallest absolute Gasteiger partial charge is 0.225 e. The van der Waals surface area contributed by atoms with Gasteiger partial charge < -0.3 is 9.80 Å². The molecule has 0 spiro atoms. The van der Waals surface area contributed by atoms with E-state index in [0.29, 0.717) is 0 Å². The highest BCUT2D eigenvalue weighted by atomic mass is 16.1. The van der Waals surface area contributed by atoms with Crippen molar-refractivity contribution in [2.45, 2.75) is 0 Å². The van der Waals surface area contributed by atoms with Gasteiger partial charge in [-0.2, -0.15) is 0 Å². The minimum Gasteiger partial charge on any atom is -0.368 e. The van der Waals surface area contributed by atoms with Gasteiger partial charge in [0.15, 0.2) is 0 Å². The van der Waals surface area contributed by atoms with Crippen molar-refractivity contribution in [1.82, 2.24) is 9.97 Å². The summed E-state index contributed by atoms with van der Waals surface area (Å²) in [5.41, 5.74) is 1.82. The number of hydrogen-bond acceptors (Lipinski definition) is 5. The van der Waals surface area contributed by atoms with Gasteiger partial charge in [0.05, 0.1) is 0 Å². The Bertz CT molecular complexity index is 579. The summed E-state index contributed by atoms with van der Waals surface area (Å²) in [4.78, 5) is 23.9. The molecule has 0 bridgehead atoms. The normalized spacial score (nSPS) is 15.2. The number of nitrogens with zero attached hydrogens (tertiary/aromatic N) is 4. The number of piperazine rings is 1. The highest BCUT2D eigenvalue weighted by molar-refractivity contribution is 5.77. The fraction of sp³-hybridized carbons (Fsp3) is 0.267. The number of carbonyl (C=O) groups is 1. The summed E-state index contributed by atoms with van der Waals surface area (Å²) in [7, 11) is 0. The Morgan fingerprint density at radius 2 is 1.65 bits per heavy atom. The second kappa shape index (κ2) is 5.69. The molecule has 2 heterocycles. The maximum absolute atomic E-state index is 10.8. The predicted octanol–water partition coefficient (Wildman–Crippen LogP) is 1.62. The largest absolute Gasteiger partial charge is 0.368 e. The Morgan fingerprint density at radius 3 is 2.35 bits per heavy atom. The fourth-order valence-corrected chi connectivity index (χ4v) is 2.41. The topological polar surface area (TPSA) is 49.3 Å². The van der Waals surface area contributed by atoms with E-state index in [1.807, 2.05) is 30.3 Å². The zero-order chi connectivity index (χ0) is 13.8. The standard InChI is InChI=1S/C15H16N4O/c20-12-13-3-1-4-14(11-13)18-7-9-19(10-8-18)15-16-5-2-6-17-15/h1-6,11-12H,7-10H2. The maximum Gasteiger partial charge on any atom is 0.225 e. The van der Waals surface area contributed by atoms with E-state index in [9.17, 15) is 4.79 Å². The lowest BCUT2D eigenvalue weighted by Gasteiger charge is -2.36. The van der Waals surface area contributed by atoms with Gasteiger partial charge in [0.2, 0.25) is 5.95 Å². The SMILES string of the molecule is O=Cc1cccc(N2CCN(c3ncccn3)CC2)c1. The molecule has 0 N–H and O–H groups in total. The Kier molecular flexibility index (Phi) is 3.58. The predicted molar refractivity (Wildman–Crippen MR) is 78.3 cm³/mol. The van der Waals surface area contributed by atoms with Crippen molar-refractivity contribution < 1.29 is 4.79 Å². The van der Waals surface area contributed by atoms with Crippen LogP contribution in [0.3, 0.4) is 0 Å². The molecule has 0 amide bonds. The number of rotatable bonds is 3. The van der Waals surface area contributed by atoms with Gasteiger partial charge in [-0.25, -0.2) is 9.97 Å². The molecule has 3 rings (SSSR count). The quantitative estimate of drug-likeness (QED) is 0.792.